The number of aliphatic hydroxyl groups is 1. The molecule has 5 heteroatoms. The molecular formula is C36H58O5. The van der Waals surface area contributed by atoms with Crippen molar-refractivity contribution in [1.29, 1.82) is 0 Å². The number of carbonyl (C=O) groups excluding carboxylic acids is 2. The zero-order chi connectivity index (χ0) is 30.1. The highest BCUT2D eigenvalue weighted by molar-refractivity contribution is 5.70. The lowest BCUT2D eigenvalue weighted by molar-refractivity contribution is -0.161. The molecule has 0 bridgehead atoms. The number of allylic oxidation sites excluding steroid dienone is 12. The van der Waals surface area contributed by atoms with Gasteiger partial charge in [0, 0.05) is 12.8 Å². The van der Waals surface area contributed by atoms with E-state index >= 15 is 0 Å². The molecule has 0 heterocycles. The molecule has 232 valence electrons. The van der Waals surface area contributed by atoms with Crippen LogP contribution in [-0.2, 0) is 19.1 Å². The first kappa shape index (κ1) is 38.3. The van der Waals surface area contributed by atoms with Crippen LogP contribution >= 0.6 is 0 Å². The van der Waals surface area contributed by atoms with Crippen molar-refractivity contribution in [3.63, 3.8) is 0 Å². The Morgan fingerprint density at radius 2 is 1.07 bits per heavy atom. The van der Waals surface area contributed by atoms with Crippen molar-refractivity contribution >= 4 is 11.9 Å². The highest BCUT2D eigenvalue weighted by Crippen LogP contribution is 2.09. The van der Waals surface area contributed by atoms with Crippen molar-refractivity contribution in [2.45, 2.75) is 129 Å². The topological polar surface area (TPSA) is 72.8 Å². The number of carbonyl (C=O) groups is 2. The van der Waals surface area contributed by atoms with Gasteiger partial charge < -0.3 is 14.6 Å². The van der Waals surface area contributed by atoms with Crippen molar-refractivity contribution in [3.8, 4) is 0 Å². The number of aliphatic hydroxyl groups excluding tert-OH is 1. The molecule has 5 nitrogen and oxygen atoms in total. The molecule has 0 aromatic carbocycles. The lowest BCUT2D eigenvalue weighted by Gasteiger charge is -2.15. The molecule has 0 aliphatic carbocycles. The summed E-state index contributed by atoms with van der Waals surface area (Å²) in [4.78, 5) is 24.0. The minimum Gasteiger partial charge on any atom is -0.462 e. The van der Waals surface area contributed by atoms with Crippen molar-refractivity contribution in [2.24, 2.45) is 0 Å². The zero-order valence-corrected chi connectivity index (χ0v) is 26.0. The predicted octanol–water partition coefficient (Wildman–Crippen LogP) is 9.44. The first-order valence-corrected chi connectivity index (χ1v) is 16.0. The summed E-state index contributed by atoms with van der Waals surface area (Å²) in [6, 6.07) is 0. The molecule has 0 spiro atoms. The third kappa shape index (κ3) is 30.1. The Morgan fingerprint density at radius 3 is 1.68 bits per heavy atom. The Bertz CT molecular complexity index is 788. The number of unbranched alkanes of at least 4 members (excludes halogenated alkanes) is 7. The summed E-state index contributed by atoms with van der Waals surface area (Å²) in [5.41, 5.74) is 0. The molecule has 41 heavy (non-hydrogen) atoms. The predicted molar refractivity (Wildman–Crippen MR) is 173 cm³/mol. The second-order valence-electron chi connectivity index (χ2n) is 10.1. The van der Waals surface area contributed by atoms with Crippen LogP contribution < -0.4 is 0 Å². The molecule has 1 atom stereocenters. The second kappa shape index (κ2) is 31.9. The summed E-state index contributed by atoms with van der Waals surface area (Å²) in [7, 11) is 0. The van der Waals surface area contributed by atoms with Crippen molar-refractivity contribution < 1.29 is 24.2 Å². The number of rotatable bonds is 27. The van der Waals surface area contributed by atoms with Gasteiger partial charge in [-0.25, -0.2) is 0 Å². The lowest BCUT2D eigenvalue weighted by Crippen LogP contribution is -2.28. The van der Waals surface area contributed by atoms with Gasteiger partial charge in [-0.15, -0.1) is 0 Å². The molecule has 1 N–H and O–H groups in total. The van der Waals surface area contributed by atoms with E-state index in [1.54, 1.807) is 0 Å². The van der Waals surface area contributed by atoms with Gasteiger partial charge >= 0.3 is 11.9 Å². The van der Waals surface area contributed by atoms with E-state index in [1.165, 1.54) is 19.3 Å². The average molecular weight is 571 g/mol. The van der Waals surface area contributed by atoms with Gasteiger partial charge in [-0.1, -0.05) is 112 Å². The third-order valence-electron chi connectivity index (χ3n) is 6.22. The number of hydrogen-bond acceptors (Lipinski definition) is 5. The lowest BCUT2D eigenvalue weighted by atomic mass is 10.1. The highest BCUT2D eigenvalue weighted by Gasteiger charge is 2.15. The summed E-state index contributed by atoms with van der Waals surface area (Å²) in [6.07, 6.45) is 41.0. The van der Waals surface area contributed by atoms with Crippen LogP contribution in [0.5, 0.6) is 0 Å². The Kier molecular flexibility index (Phi) is 29.8. The van der Waals surface area contributed by atoms with E-state index in [2.05, 4.69) is 86.8 Å². The standard InChI is InChI=1S/C36H58O5/c1-3-5-7-9-11-13-15-16-17-18-19-20-21-23-25-27-29-31-36(39)41-34(32-37)33-40-35(38)30-28-26-24-22-14-12-10-8-6-4-2/h5,7-8,10-11,13,16-17,19-20,23,25,34,37H,3-4,6,9,12,14-15,18,21-22,24,26-33H2,1-2H3/b7-5-,10-8-,13-11-,17-16-,20-19-,25-23-. The van der Waals surface area contributed by atoms with E-state index in [-0.39, 0.29) is 31.6 Å². The summed E-state index contributed by atoms with van der Waals surface area (Å²) >= 11 is 0. The summed E-state index contributed by atoms with van der Waals surface area (Å²) in [5.74, 6) is -0.683. The number of ether oxygens (including phenoxy) is 2. The molecule has 0 amide bonds. The second-order valence-corrected chi connectivity index (χ2v) is 10.1. The molecule has 0 aliphatic rings. The first-order chi connectivity index (χ1) is 20.1. The first-order valence-electron chi connectivity index (χ1n) is 16.0. The van der Waals surface area contributed by atoms with Crippen LogP contribution in [0.25, 0.3) is 0 Å². The fraction of sp³-hybridized carbons (Fsp3) is 0.611. The van der Waals surface area contributed by atoms with Gasteiger partial charge in [0.25, 0.3) is 0 Å². The van der Waals surface area contributed by atoms with Crippen LogP contribution in [0.4, 0.5) is 0 Å². The zero-order valence-electron chi connectivity index (χ0n) is 26.0. The maximum absolute atomic E-state index is 12.1. The van der Waals surface area contributed by atoms with Crippen molar-refractivity contribution in [1.82, 2.24) is 0 Å². The minimum atomic E-state index is -0.805. The molecule has 0 saturated carbocycles. The molecule has 1 unspecified atom stereocenters. The maximum atomic E-state index is 12.1. The van der Waals surface area contributed by atoms with Crippen LogP contribution in [0.1, 0.15) is 123 Å². The van der Waals surface area contributed by atoms with Crippen LogP contribution in [0, 0.1) is 0 Å². The van der Waals surface area contributed by atoms with Crippen LogP contribution in [-0.4, -0.2) is 36.4 Å². The molecule has 0 aliphatic heterocycles. The van der Waals surface area contributed by atoms with Gasteiger partial charge in [-0.2, -0.15) is 0 Å². The van der Waals surface area contributed by atoms with E-state index in [4.69, 9.17) is 9.47 Å². The van der Waals surface area contributed by atoms with E-state index in [0.29, 0.717) is 12.8 Å². The van der Waals surface area contributed by atoms with Crippen molar-refractivity contribution in [3.05, 3.63) is 72.9 Å². The fourth-order valence-corrected chi connectivity index (χ4v) is 3.82. The quantitative estimate of drug-likeness (QED) is 0.0605. The smallest absolute Gasteiger partial charge is 0.306 e. The van der Waals surface area contributed by atoms with E-state index in [9.17, 15) is 14.7 Å². The van der Waals surface area contributed by atoms with Gasteiger partial charge in [0.05, 0.1) is 6.61 Å². The molecule has 0 radical (unpaired) electrons. The molecule has 0 aromatic heterocycles. The summed E-state index contributed by atoms with van der Waals surface area (Å²) in [5, 5.41) is 9.47. The van der Waals surface area contributed by atoms with Crippen LogP contribution in [0.2, 0.25) is 0 Å². The van der Waals surface area contributed by atoms with E-state index in [0.717, 1.165) is 70.6 Å². The van der Waals surface area contributed by atoms with Gasteiger partial charge in [0.15, 0.2) is 6.10 Å². The Morgan fingerprint density at radius 1 is 0.585 bits per heavy atom. The average Bonchev–Trinajstić information content (AvgIpc) is 2.97. The molecule has 0 rings (SSSR count). The Balaban J connectivity index is 3.76. The van der Waals surface area contributed by atoms with Crippen molar-refractivity contribution in [2.75, 3.05) is 13.2 Å². The van der Waals surface area contributed by atoms with E-state index < -0.39 is 6.10 Å². The molecule has 0 saturated heterocycles. The Labute approximate surface area is 251 Å². The van der Waals surface area contributed by atoms with Crippen LogP contribution in [0.3, 0.4) is 0 Å². The number of hydrogen-bond donors (Lipinski definition) is 1. The highest BCUT2D eigenvalue weighted by atomic mass is 16.6. The molecular weight excluding hydrogens is 512 g/mol. The number of esters is 2. The van der Waals surface area contributed by atoms with Gasteiger partial charge in [0.2, 0.25) is 0 Å². The third-order valence-corrected chi connectivity index (χ3v) is 6.22. The minimum absolute atomic E-state index is 0.0973. The molecule has 0 fully saturated rings. The van der Waals surface area contributed by atoms with Gasteiger partial charge in [-0.05, 0) is 70.6 Å². The van der Waals surface area contributed by atoms with Gasteiger partial charge in [0.1, 0.15) is 6.61 Å². The monoisotopic (exact) mass is 570 g/mol. The Hall–Kier alpha value is -2.66. The normalized spacial score (nSPS) is 13.1. The fourth-order valence-electron chi connectivity index (χ4n) is 3.82. The van der Waals surface area contributed by atoms with E-state index in [1.807, 2.05) is 0 Å². The maximum Gasteiger partial charge on any atom is 0.306 e. The largest absolute Gasteiger partial charge is 0.462 e. The molecule has 0 aromatic rings. The van der Waals surface area contributed by atoms with Crippen LogP contribution in [0.15, 0.2) is 72.9 Å². The summed E-state index contributed by atoms with van der Waals surface area (Å²) < 4.78 is 10.5. The summed E-state index contributed by atoms with van der Waals surface area (Å²) in [6.45, 7) is 3.87. The van der Waals surface area contributed by atoms with Gasteiger partial charge in [-0.3, -0.25) is 9.59 Å². The SMILES string of the molecule is CC/C=C\C/C=C\C/C=C\C/C=C\C/C=C\CCCC(=O)OC(CO)COC(=O)CCCCCCC/C=C\CCC.